The van der Waals surface area contributed by atoms with Gasteiger partial charge in [-0.25, -0.2) is 34.1 Å². The van der Waals surface area contributed by atoms with Crippen molar-refractivity contribution in [1.82, 2.24) is 43.8 Å². The number of hydrogen-bond donors (Lipinski definition) is 6. The smallest absolute Gasteiger partial charge is 0.336 e. The standard InChI is InChI=1S/C20H24N11O10PS2/c21-15-9-17(25-3-23-15)30(5-27-9)19-11(32)13-7(38-19)1-29-44(35,36)41-14-8(2-37-42(34,43)40-13)39-20(12(14)33)31-6-28-10-16(22)24-4-26-18(10)31/h3-8,11-14,19-20,29,32-33H,1-2H2,(H,34,43)(H2,21,23,25)(H2,22,24,26). The summed E-state index contributed by atoms with van der Waals surface area (Å²) in [5, 5.41) is 22.4. The largest absolute Gasteiger partial charge is 0.386 e. The molecule has 3 aliphatic rings. The fourth-order valence-electron chi connectivity index (χ4n) is 5.28. The van der Waals surface area contributed by atoms with E-state index in [9.17, 15) is 23.5 Å². The van der Waals surface area contributed by atoms with Crippen LogP contribution < -0.4 is 16.2 Å². The highest BCUT2D eigenvalue weighted by Gasteiger charge is 2.52. The zero-order chi connectivity index (χ0) is 31.0. The molecule has 0 bridgehead atoms. The van der Waals surface area contributed by atoms with Gasteiger partial charge in [-0.05, 0) is 11.8 Å². The number of aliphatic hydroxyl groups excluding tert-OH is 2. The second kappa shape index (κ2) is 10.8. The molecule has 7 heterocycles. The lowest BCUT2D eigenvalue weighted by Gasteiger charge is -2.28. The second-order valence-corrected chi connectivity index (χ2v) is 14.2. The summed E-state index contributed by atoms with van der Waals surface area (Å²) in [6.45, 7) is -5.25. The van der Waals surface area contributed by atoms with Crippen LogP contribution in [0.4, 0.5) is 11.6 Å². The van der Waals surface area contributed by atoms with Gasteiger partial charge in [-0.2, -0.15) is 13.1 Å². The van der Waals surface area contributed by atoms with Gasteiger partial charge in [0.25, 0.3) is 0 Å². The van der Waals surface area contributed by atoms with Gasteiger partial charge >= 0.3 is 17.0 Å². The third kappa shape index (κ3) is 5.09. The van der Waals surface area contributed by atoms with Crippen molar-refractivity contribution in [2.24, 2.45) is 0 Å². The molecule has 0 saturated carbocycles. The summed E-state index contributed by atoms with van der Waals surface area (Å²) in [6, 6.07) is 0. The van der Waals surface area contributed by atoms with Crippen LogP contribution in [0.3, 0.4) is 0 Å². The van der Waals surface area contributed by atoms with Crippen molar-refractivity contribution in [3.8, 4) is 0 Å². The minimum absolute atomic E-state index is 0.0769. The molecule has 3 fully saturated rings. The summed E-state index contributed by atoms with van der Waals surface area (Å²) < 4.78 is 59.4. The molecule has 0 spiro atoms. The van der Waals surface area contributed by atoms with Gasteiger partial charge in [-0.15, -0.1) is 0 Å². The van der Waals surface area contributed by atoms with E-state index in [0.717, 1.165) is 0 Å². The van der Waals surface area contributed by atoms with E-state index >= 15 is 0 Å². The number of hydrogen-bond acceptors (Lipinski definition) is 18. The van der Waals surface area contributed by atoms with Crippen LogP contribution in [0.15, 0.2) is 25.3 Å². The topological polar surface area (TPSA) is 292 Å². The molecule has 44 heavy (non-hydrogen) atoms. The molecule has 4 aromatic rings. The first kappa shape index (κ1) is 29.6. The van der Waals surface area contributed by atoms with E-state index in [1.54, 1.807) is 0 Å². The first-order valence-corrected chi connectivity index (χ1v) is 16.8. The molecule has 0 aromatic carbocycles. The summed E-state index contributed by atoms with van der Waals surface area (Å²) in [5.41, 5.74) is 12.6. The number of nitrogens with two attached hydrogens (primary N) is 2. The normalized spacial score (nSPS) is 36.1. The third-order valence-corrected chi connectivity index (χ3v) is 9.85. The summed E-state index contributed by atoms with van der Waals surface area (Å²) >= 11 is 5.21. The van der Waals surface area contributed by atoms with Crippen molar-refractivity contribution in [2.75, 3.05) is 24.6 Å². The summed E-state index contributed by atoms with van der Waals surface area (Å²) in [4.78, 5) is 35.2. The van der Waals surface area contributed by atoms with Crippen LogP contribution in [0.1, 0.15) is 12.5 Å². The highest BCUT2D eigenvalue weighted by molar-refractivity contribution is 8.07. The molecule has 3 aliphatic heterocycles. The van der Waals surface area contributed by atoms with Crippen LogP contribution in [-0.2, 0) is 44.8 Å². The Kier molecular flexibility index (Phi) is 7.26. The van der Waals surface area contributed by atoms with Crippen molar-refractivity contribution >= 4 is 62.8 Å². The average molecular weight is 674 g/mol. The third-order valence-electron chi connectivity index (χ3n) is 7.30. The van der Waals surface area contributed by atoms with Crippen LogP contribution >= 0.6 is 6.72 Å². The Labute approximate surface area is 251 Å². The quantitative estimate of drug-likeness (QED) is 0.117. The molecular weight excluding hydrogens is 649 g/mol. The predicted molar refractivity (Wildman–Crippen MR) is 148 cm³/mol. The molecule has 9 unspecified atom stereocenters. The average Bonchev–Trinajstić information content (AvgIpc) is 3.73. The fraction of sp³-hybridized carbons (Fsp3) is 0.500. The van der Waals surface area contributed by atoms with Crippen LogP contribution in [-0.4, -0.2) is 112 Å². The van der Waals surface area contributed by atoms with Gasteiger partial charge in [-0.3, -0.25) is 13.7 Å². The second-order valence-electron chi connectivity index (χ2n) is 9.98. The van der Waals surface area contributed by atoms with Gasteiger partial charge in [0.2, 0.25) is 0 Å². The van der Waals surface area contributed by atoms with Crippen LogP contribution in [0.2, 0.25) is 0 Å². The van der Waals surface area contributed by atoms with Crippen molar-refractivity contribution in [3.05, 3.63) is 25.3 Å². The summed E-state index contributed by atoms with van der Waals surface area (Å²) in [6.07, 6.45) is -6.12. The fourth-order valence-corrected chi connectivity index (χ4v) is 7.69. The maximum absolute atomic E-state index is 13.1. The molecule has 3 saturated heterocycles. The summed E-state index contributed by atoms with van der Waals surface area (Å²) in [5.74, 6) is 0.164. The lowest BCUT2D eigenvalue weighted by molar-refractivity contribution is -0.0514. The minimum atomic E-state index is -4.60. The summed E-state index contributed by atoms with van der Waals surface area (Å²) in [7, 11) is -4.60. The van der Waals surface area contributed by atoms with Gasteiger partial charge in [0, 0.05) is 6.54 Å². The molecule has 0 amide bonds. The Bertz CT molecular complexity index is 1890. The number of nitrogens with zero attached hydrogens (tertiary/aromatic N) is 8. The molecule has 0 aliphatic carbocycles. The van der Waals surface area contributed by atoms with Crippen molar-refractivity contribution in [3.63, 3.8) is 0 Å². The lowest BCUT2D eigenvalue weighted by Crippen LogP contribution is -2.46. The monoisotopic (exact) mass is 673 g/mol. The molecule has 8 N–H and O–H groups in total. The molecular formula is C20H24N11O10PS2. The number of nitrogen functional groups attached to an aromatic ring is 2. The first-order chi connectivity index (χ1) is 20.9. The van der Waals surface area contributed by atoms with Crippen molar-refractivity contribution < 1.29 is 46.2 Å². The number of aliphatic hydroxyl groups is 2. The Morgan fingerprint density at radius 3 is 2.02 bits per heavy atom. The van der Waals surface area contributed by atoms with Crippen molar-refractivity contribution in [2.45, 2.75) is 49.1 Å². The van der Waals surface area contributed by atoms with Crippen LogP contribution in [0.25, 0.3) is 22.3 Å². The van der Waals surface area contributed by atoms with Crippen LogP contribution in [0, 0.1) is 0 Å². The highest BCUT2D eigenvalue weighted by atomic mass is 32.5. The molecule has 4 aromatic heterocycles. The van der Waals surface area contributed by atoms with Crippen molar-refractivity contribution in [1.29, 1.82) is 0 Å². The number of aromatic nitrogens is 8. The van der Waals surface area contributed by atoms with Gasteiger partial charge in [0.1, 0.15) is 60.3 Å². The van der Waals surface area contributed by atoms with Gasteiger partial charge in [-0.1, -0.05) is 0 Å². The highest BCUT2D eigenvalue weighted by Crippen LogP contribution is 2.50. The van der Waals surface area contributed by atoms with Gasteiger partial charge in [0.15, 0.2) is 35.4 Å². The van der Waals surface area contributed by atoms with E-state index in [2.05, 4.69) is 34.6 Å². The molecule has 9 atom stereocenters. The SMILES string of the molecule is Nc1ncnc2c1ncn2C1OC2CNS(=O)(=O)OC3C(COP(O)(=S)OC2C1O)OC(n1cnc2c(N)ncnc21)C3O. The molecule has 21 nitrogen and oxygen atoms in total. The predicted octanol–water partition coefficient (Wildman–Crippen LogP) is -2.80. The van der Waals surface area contributed by atoms with E-state index < -0.39 is 79.3 Å². The van der Waals surface area contributed by atoms with Crippen LogP contribution in [0.5, 0.6) is 0 Å². The first-order valence-electron chi connectivity index (χ1n) is 12.8. The molecule has 236 valence electrons. The number of rotatable bonds is 2. The van der Waals surface area contributed by atoms with E-state index in [0.29, 0.717) is 0 Å². The Balaban J connectivity index is 1.17. The minimum Gasteiger partial charge on any atom is -0.386 e. The molecule has 7 rings (SSSR count). The molecule has 24 heteroatoms. The number of fused-ring (bicyclic) bond motifs is 4. The van der Waals surface area contributed by atoms with E-state index in [1.165, 1.54) is 34.4 Å². The Hall–Kier alpha value is -3.06. The Morgan fingerprint density at radius 1 is 0.886 bits per heavy atom. The van der Waals surface area contributed by atoms with Gasteiger partial charge < -0.3 is 40.6 Å². The maximum atomic E-state index is 13.1. The van der Waals surface area contributed by atoms with E-state index in [1.807, 2.05) is 0 Å². The zero-order valence-corrected chi connectivity index (χ0v) is 24.6. The zero-order valence-electron chi connectivity index (χ0n) is 22.0. The maximum Gasteiger partial charge on any atom is 0.336 e. The van der Waals surface area contributed by atoms with Gasteiger partial charge in [0.05, 0.1) is 19.3 Å². The number of nitrogens with one attached hydrogen (secondary N) is 1. The Morgan fingerprint density at radius 2 is 1.43 bits per heavy atom. The lowest BCUT2D eigenvalue weighted by atomic mass is 10.1. The van der Waals surface area contributed by atoms with E-state index in [4.69, 9.17) is 46.0 Å². The van der Waals surface area contributed by atoms with E-state index in [-0.39, 0.29) is 34.0 Å². The number of anilines is 2. The molecule has 0 radical (unpaired) electrons. The number of imidazole rings is 2. The number of ether oxygens (including phenoxy) is 2.